The third-order valence-corrected chi connectivity index (χ3v) is 1.46. The lowest BCUT2D eigenvalue weighted by atomic mass is 10.1. The highest BCUT2D eigenvalue weighted by molar-refractivity contribution is 5.90. The van der Waals surface area contributed by atoms with Gasteiger partial charge < -0.3 is 15.3 Å². The standard InChI is InChI=1S/C8H8O4/c9-4-5-1-2-6(8(11)12)7(10)3-5/h1-3,9-10H,4H2,(H,11,12)/p-1. The van der Waals surface area contributed by atoms with Crippen molar-refractivity contribution in [3.63, 3.8) is 0 Å². The summed E-state index contributed by atoms with van der Waals surface area (Å²) >= 11 is 0. The molecule has 0 aliphatic heterocycles. The van der Waals surface area contributed by atoms with Crippen molar-refractivity contribution in [3.05, 3.63) is 29.3 Å². The molecule has 0 fully saturated rings. The van der Waals surface area contributed by atoms with Crippen LogP contribution >= 0.6 is 0 Å². The van der Waals surface area contributed by atoms with Gasteiger partial charge in [-0.3, -0.25) is 0 Å². The largest absolute Gasteiger partial charge is 0.872 e. The summed E-state index contributed by atoms with van der Waals surface area (Å²) in [7, 11) is 0. The number of aliphatic hydroxyl groups is 1. The molecule has 0 aromatic heterocycles. The molecule has 4 heteroatoms. The second-order valence-electron chi connectivity index (χ2n) is 2.29. The molecule has 1 aromatic carbocycles. The maximum atomic E-state index is 10.9. The van der Waals surface area contributed by atoms with Gasteiger partial charge in [-0.25, -0.2) is 4.79 Å². The first kappa shape index (κ1) is 8.55. The molecule has 0 unspecified atom stereocenters. The van der Waals surface area contributed by atoms with Crippen molar-refractivity contribution in [3.8, 4) is 5.75 Å². The molecule has 0 spiro atoms. The van der Waals surface area contributed by atoms with Gasteiger partial charge in [0.2, 0.25) is 0 Å². The van der Waals surface area contributed by atoms with Crippen LogP contribution in [0.25, 0.3) is 0 Å². The summed E-state index contributed by atoms with van der Waals surface area (Å²) in [6.45, 7) is -0.255. The van der Waals surface area contributed by atoms with Gasteiger partial charge in [0.25, 0.3) is 0 Å². The van der Waals surface area contributed by atoms with Gasteiger partial charge in [0.05, 0.1) is 12.2 Å². The topological polar surface area (TPSA) is 80.6 Å². The van der Waals surface area contributed by atoms with Crippen LogP contribution in [0.15, 0.2) is 18.2 Å². The van der Waals surface area contributed by atoms with E-state index in [1.54, 1.807) is 0 Å². The zero-order valence-corrected chi connectivity index (χ0v) is 6.15. The molecule has 12 heavy (non-hydrogen) atoms. The molecule has 1 rings (SSSR count). The third-order valence-electron chi connectivity index (χ3n) is 1.46. The molecule has 4 nitrogen and oxygen atoms in total. The molecule has 0 radical (unpaired) electrons. The molecule has 0 heterocycles. The van der Waals surface area contributed by atoms with E-state index in [2.05, 4.69) is 0 Å². The Morgan fingerprint density at radius 2 is 2.17 bits per heavy atom. The zero-order chi connectivity index (χ0) is 9.14. The number of hydrogen-bond donors (Lipinski definition) is 2. The molecule has 2 N–H and O–H groups in total. The Hall–Kier alpha value is -1.55. The van der Waals surface area contributed by atoms with Gasteiger partial charge in [0, 0.05) is 0 Å². The fourth-order valence-corrected chi connectivity index (χ4v) is 0.842. The molecule has 1 aromatic rings. The Balaban J connectivity index is 3.12. The van der Waals surface area contributed by atoms with Crippen molar-refractivity contribution in [2.75, 3.05) is 0 Å². The van der Waals surface area contributed by atoms with Gasteiger partial charge in [0.15, 0.2) is 0 Å². The molecule has 0 aliphatic carbocycles. The summed E-state index contributed by atoms with van der Waals surface area (Å²) in [4.78, 5) is 10.4. The quantitative estimate of drug-likeness (QED) is 0.647. The third kappa shape index (κ3) is 1.54. The van der Waals surface area contributed by atoms with Crippen LogP contribution in [0.1, 0.15) is 15.9 Å². The zero-order valence-electron chi connectivity index (χ0n) is 6.15. The number of rotatable bonds is 2. The Morgan fingerprint density at radius 3 is 2.58 bits per heavy atom. The second kappa shape index (κ2) is 3.23. The summed E-state index contributed by atoms with van der Waals surface area (Å²) < 4.78 is 0. The van der Waals surface area contributed by atoms with Crippen LogP contribution in [-0.4, -0.2) is 16.2 Å². The fraction of sp³-hybridized carbons (Fsp3) is 0.125. The summed E-state index contributed by atoms with van der Waals surface area (Å²) in [6, 6.07) is 3.71. The van der Waals surface area contributed by atoms with Crippen LogP contribution < -0.4 is 5.11 Å². The van der Waals surface area contributed by atoms with Gasteiger partial charge in [-0.05, 0) is 11.6 Å². The average molecular weight is 167 g/mol. The molecule has 0 amide bonds. The minimum atomic E-state index is -1.25. The van der Waals surface area contributed by atoms with Crippen LogP contribution in [0.3, 0.4) is 0 Å². The van der Waals surface area contributed by atoms with E-state index in [1.165, 1.54) is 12.1 Å². The van der Waals surface area contributed by atoms with E-state index >= 15 is 0 Å². The molecule has 0 bridgehead atoms. The molecule has 64 valence electrons. The van der Waals surface area contributed by atoms with Crippen molar-refractivity contribution in [1.29, 1.82) is 0 Å². The van der Waals surface area contributed by atoms with Crippen LogP contribution in [-0.2, 0) is 6.61 Å². The second-order valence-corrected chi connectivity index (χ2v) is 2.29. The lowest BCUT2D eigenvalue weighted by Gasteiger charge is -2.10. The fourth-order valence-electron chi connectivity index (χ4n) is 0.842. The summed E-state index contributed by atoms with van der Waals surface area (Å²) in [5.74, 6) is -1.82. The highest BCUT2D eigenvalue weighted by atomic mass is 16.4. The van der Waals surface area contributed by atoms with Gasteiger partial charge in [-0.1, -0.05) is 17.9 Å². The number of aliphatic hydroxyl groups excluding tert-OH is 1. The number of aromatic carboxylic acids is 1. The van der Waals surface area contributed by atoms with Crippen molar-refractivity contribution in [1.82, 2.24) is 0 Å². The lowest BCUT2D eigenvalue weighted by molar-refractivity contribution is -0.268. The van der Waals surface area contributed by atoms with Crippen LogP contribution in [0.2, 0.25) is 0 Å². The predicted octanol–water partition coefficient (Wildman–Crippen LogP) is -0.0493. The first-order valence-electron chi connectivity index (χ1n) is 3.29. The first-order valence-corrected chi connectivity index (χ1v) is 3.29. The first-order chi connectivity index (χ1) is 5.65. The van der Waals surface area contributed by atoms with E-state index in [0.717, 1.165) is 6.07 Å². The Labute approximate surface area is 68.7 Å². The molecule has 0 atom stereocenters. The average Bonchev–Trinajstić information content (AvgIpc) is 2.03. The van der Waals surface area contributed by atoms with Gasteiger partial charge in [0.1, 0.15) is 0 Å². The van der Waals surface area contributed by atoms with Gasteiger partial charge in [-0.15, -0.1) is 0 Å². The van der Waals surface area contributed by atoms with E-state index in [4.69, 9.17) is 10.2 Å². The minimum absolute atomic E-state index is 0.255. The molecule has 0 aliphatic rings. The minimum Gasteiger partial charge on any atom is -0.872 e. The Kier molecular flexibility index (Phi) is 2.30. The Morgan fingerprint density at radius 1 is 1.50 bits per heavy atom. The van der Waals surface area contributed by atoms with Crippen molar-refractivity contribution >= 4 is 5.97 Å². The van der Waals surface area contributed by atoms with E-state index in [-0.39, 0.29) is 12.2 Å². The number of hydrogen-bond acceptors (Lipinski definition) is 3. The number of carboxylic acid groups (broad SMARTS) is 1. The number of carboxylic acids is 1. The van der Waals surface area contributed by atoms with Gasteiger partial charge in [-0.2, -0.15) is 0 Å². The SMILES string of the molecule is O=C(O)c1ccc(CO)cc1[O-]. The molecular formula is C8H7O4-. The van der Waals surface area contributed by atoms with Crippen LogP contribution in [0, 0.1) is 0 Å². The monoisotopic (exact) mass is 167 g/mol. The highest BCUT2D eigenvalue weighted by Crippen LogP contribution is 2.15. The van der Waals surface area contributed by atoms with Crippen LogP contribution in [0.5, 0.6) is 5.75 Å². The highest BCUT2D eigenvalue weighted by Gasteiger charge is 2.02. The number of benzene rings is 1. The van der Waals surface area contributed by atoms with Crippen LogP contribution in [0.4, 0.5) is 0 Å². The summed E-state index contributed by atoms with van der Waals surface area (Å²) in [6.07, 6.45) is 0. The van der Waals surface area contributed by atoms with E-state index in [1.807, 2.05) is 0 Å². The predicted molar refractivity (Wildman–Crippen MR) is 38.8 cm³/mol. The molecular weight excluding hydrogens is 160 g/mol. The van der Waals surface area contributed by atoms with E-state index < -0.39 is 11.7 Å². The maximum Gasteiger partial charge on any atom is 0.335 e. The van der Waals surface area contributed by atoms with Crippen molar-refractivity contribution in [2.24, 2.45) is 0 Å². The summed E-state index contributed by atoms with van der Waals surface area (Å²) in [5, 5.41) is 28.0. The van der Waals surface area contributed by atoms with E-state index in [9.17, 15) is 9.90 Å². The van der Waals surface area contributed by atoms with Crippen molar-refractivity contribution < 1.29 is 20.1 Å². The summed E-state index contributed by atoms with van der Waals surface area (Å²) in [5.41, 5.74) is 0.150. The van der Waals surface area contributed by atoms with Gasteiger partial charge >= 0.3 is 5.97 Å². The smallest absolute Gasteiger partial charge is 0.335 e. The molecule has 0 saturated carbocycles. The maximum absolute atomic E-state index is 10.9. The molecule has 0 saturated heterocycles. The normalized spacial score (nSPS) is 9.75. The van der Waals surface area contributed by atoms with E-state index in [0.29, 0.717) is 5.56 Å². The number of carbonyl (C=O) groups is 1. The lowest BCUT2D eigenvalue weighted by Crippen LogP contribution is -2.04. The van der Waals surface area contributed by atoms with Crippen molar-refractivity contribution in [2.45, 2.75) is 6.61 Å². The Bertz CT molecular complexity index is 306.